The Morgan fingerprint density at radius 2 is 1.35 bits per heavy atom. The van der Waals surface area contributed by atoms with E-state index < -0.39 is 78.1 Å². The lowest BCUT2D eigenvalue weighted by atomic mass is 10.0. The van der Waals surface area contributed by atoms with Gasteiger partial charge >= 0.3 is 11.9 Å². The average molecular weight is 680 g/mol. The fraction of sp³-hybridized carbons (Fsp3) is 0.567. The zero-order valence-corrected chi connectivity index (χ0v) is 27.2. The van der Waals surface area contributed by atoms with Gasteiger partial charge in [0.05, 0.1) is 12.5 Å². The van der Waals surface area contributed by atoms with E-state index >= 15 is 0 Å². The molecule has 18 nitrogen and oxygen atoms in total. The van der Waals surface area contributed by atoms with Gasteiger partial charge in [-0.15, -0.1) is 0 Å². The number of aromatic hydroxyl groups is 1. The zero-order chi connectivity index (χ0) is 36.4. The van der Waals surface area contributed by atoms with Crippen LogP contribution in [0.5, 0.6) is 5.75 Å². The Kier molecular flexibility index (Phi) is 18.0. The van der Waals surface area contributed by atoms with E-state index in [1.54, 1.807) is 13.8 Å². The van der Waals surface area contributed by atoms with Gasteiger partial charge in [-0.2, -0.15) is 0 Å². The number of benzene rings is 1. The highest BCUT2D eigenvalue weighted by Crippen LogP contribution is 2.13. The lowest BCUT2D eigenvalue weighted by Gasteiger charge is -2.27. The van der Waals surface area contributed by atoms with Crippen molar-refractivity contribution >= 4 is 41.5 Å². The smallest absolute Gasteiger partial charge is 0.326 e. The predicted octanol–water partition coefficient (Wildman–Crippen LogP) is -2.40. The molecule has 1 aromatic rings. The van der Waals surface area contributed by atoms with Crippen molar-refractivity contribution in [3.8, 4) is 5.75 Å². The van der Waals surface area contributed by atoms with E-state index in [1.165, 1.54) is 24.3 Å². The summed E-state index contributed by atoms with van der Waals surface area (Å²) in [4.78, 5) is 80.0. The second kappa shape index (κ2) is 21.0. The standard InChI is InChI=1S/C30H49N9O9/c1-16(2)24(28(46)38-22(29(47)48)14-17-8-10-18(40)11-9-17)39-27(45)21(15-23(41)42)37-26(44)20(7-3-4-12-31)36-25(43)19(32)6-5-13-35-30(33)34/h8-11,16,19-22,24,40H,3-7,12-15,31-32H2,1-2H3,(H,36,43)(H,37,44)(H,38,46)(H,39,45)(H,41,42)(H,47,48)(H4,33,34,35)/t19-,20?,21-,22?,24-/m0/s1. The first kappa shape index (κ1) is 41.1. The molecule has 0 saturated carbocycles. The van der Waals surface area contributed by atoms with Crippen LogP contribution in [0.4, 0.5) is 0 Å². The summed E-state index contributed by atoms with van der Waals surface area (Å²) in [6.45, 7) is 3.71. The summed E-state index contributed by atoms with van der Waals surface area (Å²) in [5.74, 6) is -6.91. The minimum atomic E-state index is -1.67. The highest BCUT2D eigenvalue weighted by molar-refractivity contribution is 5.96. The van der Waals surface area contributed by atoms with Crippen molar-refractivity contribution < 1.29 is 44.1 Å². The number of unbranched alkanes of at least 4 members (excludes halogenated alkanes) is 1. The van der Waals surface area contributed by atoms with E-state index in [-0.39, 0.29) is 37.5 Å². The first-order valence-electron chi connectivity index (χ1n) is 15.5. The van der Waals surface area contributed by atoms with Crippen molar-refractivity contribution in [3.63, 3.8) is 0 Å². The molecule has 0 saturated heterocycles. The number of aliphatic imine (C=N–C) groups is 1. The molecule has 1 rings (SSSR count). The van der Waals surface area contributed by atoms with Gasteiger partial charge in [-0.3, -0.25) is 29.0 Å². The van der Waals surface area contributed by atoms with E-state index in [0.29, 0.717) is 31.4 Å². The van der Waals surface area contributed by atoms with Gasteiger partial charge in [0.15, 0.2) is 5.96 Å². The number of nitrogens with one attached hydrogen (secondary N) is 4. The normalized spacial score (nSPS) is 14.0. The SMILES string of the molecule is CC(C)[C@H](NC(=O)[C@H](CC(=O)O)NC(=O)C(CCCCN)NC(=O)[C@@H](N)CCCN=C(N)N)C(=O)NC(Cc1ccc(O)cc1)C(=O)O. The van der Waals surface area contributed by atoms with E-state index in [9.17, 15) is 44.1 Å². The molecule has 0 bridgehead atoms. The maximum absolute atomic E-state index is 13.3. The Morgan fingerprint density at radius 1 is 0.771 bits per heavy atom. The number of nitrogens with zero attached hydrogens (tertiary/aromatic N) is 1. The first-order chi connectivity index (χ1) is 22.5. The van der Waals surface area contributed by atoms with E-state index in [4.69, 9.17) is 22.9 Å². The maximum atomic E-state index is 13.3. The quantitative estimate of drug-likeness (QED) is 0.0346. The monoisotopic (exact) mass is 679 g/mol. The van der Waals surface area contributed by atoms with Crippen molar-refractivity contribution in [2.75, 3.05) is 13.1 Å². The Balaban J connectivity index is 3.07. The number of hydrogen-bond acceptors (Lipinski definition) is 10. The maximum Gasteiger partial charge on any atom is 0.326 e. The molecule has 268 valence electrons. The molecule has 0 spiro atoms. The highest BCUT2D eigenvalue weighted by Gasteiger charge is 2.34. The minimum absolute atomic E-state index is 0.0240. The molecule has 1 aromatic carbocycles. The number of phenols is 1. The van der Waals surface area contributed by atoms with Crippen LogP contribution >= 0.6 is 0 Å². The molecule has 48 heavy (non-hydrogen) atoms. The second-order valence-corrected chi connectivity index (χ2v) is 11.6. The van der Waals surface area contributed by atoms with Gasteiger partial charge in [0.25, 0.3) is 0 Å². The van der Waals surface area contributed by atoms with Crippen LogP contribution < -0.4 is 44.2 Å². The van der Waals surface area contributed by atoms with Crippen LogP contribution in [0, 0.1) is 5.92 Å². The lowest BCUT2D eigenvalue weighted by molar-refractivity contribution is -0.143. The van der Waals surface area contributed by atoms with E-state index in [2.05, 4.69) is 26.3 Å². The third-order valence-corrected chi connectivity index (χ3v) is 7.13. The van der Waals surface area contributed by atoms with Crippen LogP contribution in [0.3, 0.4) is 0 Å². The van der Waals surface area contributed by atoms with Crippen molar-refractivity contribution in [3.05, 3.63) is 29.8 Å². The van der Waals surface area contributed by atoms with Crippen LogP contribution in [0.2, 0.25) is 0 Å². The Labute approximate surface area is 278 Å². The molecule has 18 heteroatoms. The molecule has 15 N–H and O–H groups in total. The summed E-state index contributed by atoms with van der Waals surface area (Å²) in [6.07, 6.45) is 0.608. The molecule has 0 fully saturated rings. The molecular weight excluding hydrogens is 630 g/mol. The topological polar surface area (TPSA) is 328 Å². The number of carboxylic acids is 2. The molecular formula is C30H49N9O9. The summed E-state index contributed by atoms with van der Waals surface area (Å²) in [5.41, 5.74) is 22.6. The highest BCUT2D eigenvalue weighted by atomic mass is 16.4. The summed E-state index contributed by atoms with van der Waals surface area (Å²) < 4.78 is 0. The number of carbonyl (C=O) groups excluding carboxylic acids is 4. The summed E-state index contributed by atoms with van der Waals surface area (Å²) in [6, 6.07) is -0.880. The second-order valence-electron chi connectivity index (χ2n) is 11.6. The van der Waals surface area contributed by atoms with Crippen LogP contribution in [0.15, 0.2) is 29.3 Å². The molecule has 0 aliphatic heterocycles. The van der Waals surface area contributed by atoms with Gasteiger partial charge in [-0.1, -0.05) is 26.0 Å². The summed E-state index contributed by atoms with van der Waals surface area (Å²) in [5, 5.41) is 38.4. The van der Waals surface area contributed by atoms with Gasteiger partial charge in [-0.05, 0) is 62.3 Å². The van der Waals surface area contributed by atoms with Crippen LogP contribution in [0.1, 0.15) is 57.9 Å². The predicted molar refractivity (Wildman–Crippen MR) is 175 cm³/mol. The molecule has 5 atom stereocenters. The Hall–Kier alpha value is -4.97. The number of nitrogens with two attached hydrogens (primary N) is 4. The largest absolute Gasteiger partial charge is 0.508 e. The van der Waals surface area contributed by atoms with Crippen molar-refractivity contribution in [2.45, 2.75) is 89.0 Å². The zero-order valence-electron chi connectivity index (χ0n) is 27.2. The average Bonchev–Trinajstić information content (AvgIpc) is 3.00. The Morgan fingerprint density at radius 3 is 1.90 bits per heavy atom. The van der Waals surface area contributed by atoms with Crippen LogP contribution in [0.25, 0.3) is 0 Å². The number of rotatable bonds is 22. The number of hydrogen-bond donors (Lipinski definition) is 11. The molecule has 2 unspecified atom stereocenters. The lowest BCUT2D eigenvalue weighted by Crippen LogP contribution is -2.59. The van der Waals surface area contributed by atoms with Gasteiger partial charge < -0.3 is 59.5 Å². The van der Waals surface area contributed by atoms with E-state index in [0.717, 1.165) is 0 Å². The molecule has 0 radical (unpaired) electrons. The number of aliphatic carboxylic acids is 2. The number of carboxylic acid groups (broad SMARTS) is 2. The fourth-order valence-corrected chi connectivity index (χ4v) is 4.47. The van der Waals surface area contributed by atoms with Gasteiger partial charge in [0, 0.05) is 13.0 Å². The van der Waals surface area contributed by atoms with Gasteiger partial charge in [0.2, 0.25) is 23.6 Å². The van der Waals surface area contributed by atoms with Crippen molar-refractivity contribution in [1.29, 1.82) is 0 Å². The number of guanidine groups is 1. The van der Waals surface area contributed by atoms with Crippen LogP contribution in [-0.4, -0.2) is 100 Å². The van der Waals surface area contributed by atoms with Gasteiger partial charge in [0.1, 0.15) is 29.9 Å². The summed E-state index contributed by atoms with van der Waals surface area (Å²) in [7, 11) is 0. The number of phenolic OH excluding ortho intramolecular Hbond substituents is 1. The summed E-state index contributed by atoms with van der Waals surface area (Å²) >= 11 is 0. The molecule has 0 aliphatic carbocycles. The number of carbonyl (C=O) groups is 6. The molecule has 0 aliphatic rings. The first-order valence-corrected chi connectivity index (χ1v) is 15.5. The fourth-order valence-electron chi connectivity index (χ4n) is 4.47. The van der Waals surface area contributed by atoms with Crippen molar-refractivity contribution in [1.82, 2.24) is 21.3 Å². The molecule has 0 aromatic heterocycles. The Bertz CT molecular complexity index is 1270. The molecule has 4 amide bonds. The van der Waals surface area contributed by atoms with Gasteiger partial charge in [-0.25, -0.2) is 4.79 Å². The third-order valence-electron chi connectivity index (χ3n) is 7.13. The number of amides is 4. The van der Waals surface area contributed by atoms with Crippen LogP contribution in [-0.2, 0) is 35.2 Å². The molecule has 0 heterocycles. The van der Waals surface area contributed by atoms with E-state index in [1.807, 2.05) is 0 Å². The van der Waals surface area contributed by atoms with Crippen molar-refractivity contribution in [2.24, 2.45) is 33.8 Å². The minimum Gasteiger partial charge on any atom is -0.508 e. The third kappa shape index (κ3) is 15.5.